The fourth-order valence-electron chi connectivity index (χ4n) is 3.30. The van der Waals surface area contributed by atoms with Crippen molar-refractivity contribution in [3.05, 3.63) is 65.7 Å². The first-order chi connectivity index (χ1) is 14.2. The summed E-state index contributed by atoms with van der Waals surface area (Å²) in [6.45, 7) is 3.42. The van der Waals surface area contributed by atoms with Gasteiger partial charge in [0.05, 0.1) is 0 Å². The van der Waals surface area contributed by atoms with Crippen LogP contribution in [0.1, 0.15) is 29.7 Å². The summed E-state index contributed by atoms with van der Waals surface area (Å²) in [6.07, 6.45) is 5.67. The number of rotatable bonds is 5. The molecule has 7 nitrogen and oxygen atoms in total. The van der Waals surface area contributed by atoms with Gasteiger partial charge in [0, 0.05) is 36.7 Å². The number of hydrogen-bond donors (Lipinski definition) is 1. The Labute approximate surface area is 173 Å². The summed E-state index contributed by atoms with van der Waals surface area (Å²) in [5.74, 6) is 0.563. The Morgan fingerprint density at radius 2 is 2.00 bits per heavy atom. The number of H-pyrrole nitrogens is 1. The molecule has 0 spiro atoms. The van der Waals surface area contributed by atoms with Crippen LogP contribution in [0.4, 0.5) is 4.79 Å². The van der Waals surface area contributed by atoms with Crippen LogP contribution in [0.15, 0.2) is 54.1 Å². The number of carbonyl (C=O) groups excluding carboxylic acids is 1. The maximum Gasteiger partial charge on any atom is 0.415 e. The van der Waals surface area contributed by atoms with Crippen molar-refractivity contribution in [2.24, 2.45) is 0 Å². The van der Waals surface area contributed by atoms with E-state index in [1.807, 2.05) is 36.5 Å². The van der Waals surface area contributed by atoms with E-state index < -0.39 is 0 Å². The third kappa shape index (κ3) is 5.35. The van der Waals surface area contributed by atoms with Gasteiger partial charge >= 0.3 is 6.09 Å². The van der Waals surface area contributed by atoms with Crippen LogP contribution >= 0.6 is 11.8 Å². The number of likely N-dealkylation sites (tertiary alicyclic amines) is 1. The largest absolute Gasteiger partial charge is 0.415 e. The highest BCUT2D eigenvalue weighted by atomic mass is 32.2. The van der Waals surface area contributed by atoms with Crippen LogP contribution in [0.2, 0.25) is 0 Å². The molecule has 1 amide bonds. The molecule has 0 atom stereocenters. The molecule has 0 radical (unpaired) electrons. The van der Waals surface area contributed by atoms with Gasteiger partial charge in [-0.1, -0.05) is 23.9 Å². The van der Waals surface area contributed by atoms with E-state index in [0.717, 1.165) is 35.7 Å². The molecule has 1 aromatic carbocycles. The number of benzene rings is 1. The zero-order chi connectivity index (χ0) is 20.1. The molecule has 1 aliphatic heterocycles. The van der Waals surface area contributed by atoms with Gasteiger partial charge < -0.3 is 9.64 Å². The summed E-state index contributed by atoms with van der Waals surface area (Å²) in [7, 11) is 0. The molecule has 0 bridgehead atoms. The number of hydrogen-bond acceptors (Lipinski definition) is 6. The molecule has 150 valence electrons. The first kappa shape index (κ1) is 19.4. The van der Waals surface area contributed by atoms with Crippen molar-refractivity contribution in [1.82, 2.24) is 25.1 Å². The highest BCUT2D eigenvalue weighted by Gasteiger charge is 2.25. The van der Waals surface area contributed by atoms with E-state index in [1.54, 1.807) is 23.0 Å². The third-order valence-corrected chi connectivity index (χ3v) is 6.06. The highest BCUT2D eigenvalue weighted by Crippen LogP contribution is 2.28. The lowest BCUT2D eigenvalue weighted by Gasteiger charge is -2.30. The van der Waals surface area contributed by atoms with Crippen LogP contribution < -0.4 is 4.74 Å². The Morgan fingerprint density at radius 1 is 1.21 bits per heavy atom. The summed E-state index contributed by atoms with van der Waals surface area (Å²) >= 11 is 1.65. The number of piperidine rings is 1. The Morgan fingerprint density at radius 3 is 2.69 bits per heavy atom. The second-order valence-electron chi connectivity index (χ2n) is 7.10. The molecule has 1 saturated heterocycles. The second-order valence-corrected chi connectivity index (χ2v) is 8.37. The molecule has 0 unspecified atom stereocenters. The molecule has 1 aliphatic rings. The SMILES string of the molecule is Cc1ccnc(Cc2ccc(OC(=O)N3CCC(Sc4nc[nH]n4)CC3)cc2)c1. The molecule has 0 saturated carbocycles. The van der Waals surface area contributed by atoms with Crippen molar-refractivity contribution in [3.63, 3.8) is 0 Å². The molecule has 29 heavy (non-hydrogen) atoms. The number of pyridine rings is 1. The molecule has 8 heteroatoms. The van der Waals surface area contributed by atoms with Gasteiger partial charge in [0.15, 0.2) is 0 Å². The fourth-order valence-corrected chi connectivity index (χ4v) is 4.27. The second kappa shape index (κ2) is 9.09. The van der Waals surface area contributed by atoms with Crippen molar-refractivity contribution < 1.29 is 9.53 Å². The zero-order valence-corrected chi connectivity index (χ0v) is 17.1. The number of aromatic amines is 1. The molecule has 2 aromatic heterocycles. The van der Waals surface area contributed by atoms with E-state index in [2.05, 4.69) is 33.2 Å². The van der Waals surface area contributed by atoms with Gasteiger partial charge in [0.2, 0.25) is 5.16 Å². The van der Waals surface area contributed by atoms with Crippen molar-refractivity contribution in [2.75, 3.05) is 13.1 Å². The average molecular weight is 410 g/mol. The number of nitrogens with one attached hydrogen (secondary N) is 1. The summed E-state index contributed by atoms with van der Waals surface area (Å²) < 4.78 is 5.55. The first-order valence-electron chi connectivity index (χ1n) is 9.65. The van der Waals surface area contributed by atoms with Gasteiger partial charge in [-0.15, -0.1) is 5.10 Å². The van der Waals surface area contributed by atoms with Crippen LogP contribution in [0.25, 0.3) is 0 Å². The highest BCUT2D eigenvalue weighted by molar-refractivity contribution is 7.99. The molecular weight excluding hydrogens is 386 g/mol. The van der Waals surface area contributed by atoms with Gasteiger partial charge in [-0.2, -0.15) is 0 Å². The Kier molecular flexibility index (Phi) is 6.09. The van der Waals surface area contributed by atoms with Gasteiger partial charge in [-0.25, -0.2) is 9.78 Å². The standard InChI is InChI=1S/C21H23N5O2S/c1-15-6-9-22-17(12-15)13-16-2-4-18(5-3-16)28-21(27)26-10-7-19(8-11-26)29-20-23-14-24-25-20/h2-6,9,12,14,19H,7-8,10-11,13H2,1H3,(H,23,24,25). The monoisotopic (exact) mass is 409 g/mol. The van der Waals surface area contributed by atoms with Crippen molar-refractivity contribution in [2.45, 2.75) is 36.6 Å². The van der Waals surface area contributed by atoms with Gasteiger partial charge in [0.1, 0.15) is 12.1 Å². The van der Waals surface area contributed by atoms with Crippen molar-refractivity contribution >= 4 is 17.9 Å². The number of ether oxygens (including phenoxy) is 1. The normalized spacial score (nSPS) is 14.7. The van der Waals surface area contributed by atoms with Crippen molar-refractivity contribution in [3.8, 4) is 5.75 Å². The lowest BCUT2D eigenvalue weighted by molar-refractivity contribution is 0.143. The van der Waals surface area contributed by atoms with Crippen molar-refractivity contribution in [1.29, 1.82) is 0 Å². The van der Waals surface area contributed by atoms with Crippen LogP contribution in [-0.4, -0.2) is 49.5 Å². The number of aryl methyl sites for hydroxylation is 1. The Hall–Kier alpha value is -2.87. The number of amides is 1. The van der Waals surface area contributed by atoms with E-state index in [1.165, 1.54) is 5.56 Å². The fraction of sp³-hybridized carbons (Fsp3) is 0.333. The summed E-state index contributed by atoms with van der Waals surface area (Å²) in [5.41, 5.74) is 3.36. The van der Waals surface area contributed by atoms with Gasteiger partial charge in [-0.3, -0.25) is 10.1 Å². The van der Waals surface area contributed by atoms with Crippen LogP contribution in [-0.2, 0) is 6.42 Å². The zero-order valence-electron chi connectivity index (χ0n) is 16.2. The molecule has 1 N–H and O–H groups in total. The van der Waals surface area contributed by atoms with E-state index in [4.69, 9.17) is 4.74 Å². The quantitative estimate of drug-likeness (QED) is 0.689. The minimum atomic E-state index is -0.292. The van der Waals surface area contributed by atoms with Crippen LogP contribution in [0.3, 0.4) is 0 Å². The molecule has 3 aromatic rings. The van der Waals surface area contributed by atoms with Crippen LogP contribution in [0.5, 0.6) is 5.75 Å². The topological polar surface area (TPSA) is 84.0 Å². The Balaban J connectivity index is 1.26. The minimum Gasteiger partial charge on any atom is -0.410 e. The molecule has 3 heterocycles. The van der Waals surface area contributed by atoms with E-state index in [0.29, 0.717) is 24.1 Å². The summed E-state index contributed by atoms with van der Waals surface area (Å²) in [4.78, 5) is 22.8. The summed E-state index contributed by atoms with van der Waals surface area (Å²) in [6, 6.07) is 11.7. The number of thioether (sulfide) groups is 1. The third-order valence-electron chi connectivity index (χ3n) is 4.85. The maximum atomic E-state index is 12.5. The first-order valence-corrected chi connectivity index (χ1v) is 10.5. The number of aromatic nitrogens is 4. The molecule has 0 aliphatic carbocycles. The van der Waals surface area contributed by atoms with E-state index >= 15 is 0 Å². The number of carbonyl (C=O) groups is 1. The Bertz CT molecular complexity index is 938. The van der Waals surface area contributed by atoms with Gasteiger partial charge in [-0.05, 0) is 55.2 Å². The predicted molar refractivity (Wildman–Crippen MR) is 111 cm³/mol. The van der Waals surface area contributed by atoms with E-state index in [9.17, 15) is 4.79 Å². The maximum absolute atomic E-state index is 12.5. The lowest BCUT2D eigenvalue weighted by Crippen LogP contribution is -2.40. The molecule has 1 fully saturated rings. The van der Waals surface area contributed by atoms with Gasteiger partial charge in [0.25, 0.3) is 0 Å². The minimum absolute atomic E-state index is 0.292. The van der Waals surface area contributed by atoms with E-state index in [-0.39, 0.29) is 6.09 Å². The smallest absolute Gasteiger partial charge is 0.410 e. The number of nitrogens with zero attached hydrogens (tertiary/aromatic N) is 4. The molecule has 4 rings (SSSR count). The predicted octanol–water partition coefficient (Wildman–Crippen LogP) is 3.85. The molecular formula is C21H23N5O2S. The van der Waals surface area contributed by atoms with Crippen LogP contribution in [0, 0.1) is 6.92 Å². The lowest BCUT2D eigenvalue weighted by atomic mass is 10.1. The average Bonchev–Trinajstić information content (AvgIpc) is 3.23. The summed E-state index contributed by atoms with van der Waals surface area (Å²) in [5, 5.41) is 7.98.